The molecular weight excluding hydrogens is 360 g/mol. The molecule has 2 aliphatic rings. The van der Waals surface area contributed by atoms with Gasteiger partial charge in [0.15, 0.2) is 0 Å². The van der Waals surface area contributed by atoms with Gasteiger partial charge < -0.3 is 15.0 Å². The number of likely N-dealkylation sites (tertiary alicyclic amines) is 1. The summed E-state index contributed by atoms with van der Waals surface area (Å²) in [5, 5.41) is 3.13. The van der Waals surface area contributed by atoms with Crippen LogP contribution in [0, 0.1) is 5.92 Å². The predicted molar refractivity (Wildman–Crippen MR) is 108 cm³/mol. The van der Waals surface area contributed by atoms with Gasteiger partial charge in [0, 0.05) is 29.9 Å². The molecule has 6 heteroatoms. The summed E-state index contributed by atoms with van der Waals surface area (Å²) >= 11 is 1.53. The van der Waals surface area contributed by atoms with Crippen LogP contribution in [-0.2, 0) is 9.59 Å². The van der Waals surface area contributed by atoms with Crippen molar-refractivity contribution in [2.75, 3.05) is 26.0 Å². The molecule has 0 radical (unpaired) electrons. The number of ether oxygens (including phenoxy) is 1. The minimum absolute atomic E-state index is 0.0628. The van der Waals surface area contributed by atoms with E-state index in [0.717, 1.165) is 49.4 Å². The van der Waals surface area contributed by atoms with Crippen LogP contribution in [0.25, 0.3) is 0 Å². The van der Waals surface area contributed by atoms with Crippen molar-refractivity contribution in [1.82, 2.24) is 10.2 Å². The Kier molecular flexibility index (Phi) is 7.44. The van der Waals surface area contributed by atoms with E-state index in [0.29, 0.717) is 11.7 Å². The third-order valence-corrected chi connectivity index (χ3v) is 6.57. The lowest BCUT2D eigenvalue weighted by atomic mass is 9.87. The first-order valence-electron chi connectivity index (χ1n) is 10.0. The molecule has 2 amide bonds. The van der Waals surface area contributed by atoms with Gasteiger partial charge in [-0.2, -0.15) is 0 Å². The van der Waals surface area contributed by atoms with Crippen LogP contribution in [0.5, 0.6) is 5.75 Å². The van der Waals surface area contributed by atoms with E-state index in [1.807, 2.05) is 29.2 Å². The van der Waals surface area contributed by atoms with E-state index in [2.05, 4.69) is 5.32 Å². The normalized spacial score (nSPS) is 18.9. The Hall–Kier alpha value is -1.69. The first-order chi connectivity index (χ1) is 13.2. The number of amides is 2. The van der Waals surface area contributed by atoms with Gasteiger partial charge in [-0.25, -0.2) is 0 Å². The summed E-state index contributed by atoms with van der Waals surface area (Å²) in [5.41, 5.74) is 0. The summed E-state index contributed by atoms with van der Waals surface area (Å²) in [7, 11) is 1.64. The number of thioether (sulfide) groups is 1. The zero-order chi connectivity index (χ0) is 19.1. The molecular formula is C21H30N2O3S. The molecule has 1 aliphatic heterocycles. The molecule has 148 valence electrons. The molecule has 1 N–H and O–H groups in total. The second-order valence-corrected chi connectivity index (χ2v) is 8.51. The van der Waals surface area contributed by atoms with Crippen molar-refractivity contribution in [3.8, 4) is 5.75 Å². The number of hydrogen-bond donors (Lipinski definition) is 1. The van der Waals surface area contributed by atoms with Gasteiger partial charge >= 0.3 is 0 Å². The summed E-state index contributed by atoms with van der Waals surface area (Å²) in [4.78, 5) is 27.9. The van der Waals surface area contributed by atoms with Gasteiger partial charge in [0.2, 0.25) is 11.8 Å². The van der Waals surface area contributed by atoms with Crippen molar-refractivity contribution >= 4 is 23.6 Å². The molecule has 1 aromatic carbocycles. The van der Waals surface area contributed by atoms with Crippen LogP contribution in [0.4, 0.5) is 0 Å². The number of nitrogens with one attached hydrogen (secondary N) is 1. The highest BCUT2D eigenvalue weighted by Gasteiger charge is 2.29. The van der Waals surface area contributed by atoms with E-state index in [1.165, 1.54) is 31.0 Å². The van der Waals surface area contributed by atoms with Crippen LogP contribution in [0.2, 0.25) is 0 Å². The Balaban J connectivity index is 1.36. The maximum absolute atomic E-state index is 12.6. The second-order valence-electron chi connectivity index (χ2n) is 7.47. The Morgan fingerprint density at radius 2 is 1.74 bits per heavy atom. The van der Waals surface area contributed by atoms with Gasteiger partial charge in [-0.3, -0.25) is 9.59 Å². The first-order valence-corrected chi connectivity index (χ1v) is 11.0. The minimum atomic E-state index is 0.0628. The molecule has 0 unspecified atom stereocenters. The fourth-order valence-electron chi connectivity index (χ4n) is 3.94. The van der Waals surface area contributed by atoms with E-state index < -0.39 is 0 Å². The molecule has 1 aliphatic carbocycles. The molecule has 0 bridgehead atoms. The van der Waals surface area contributed by atoms with E-state index in [9.17, 15) is 9.59 Å². The van der Waals surface area contributed by atoms with Gasteiger partial charge in [-0.05, 0) is 49.9 Å². The van der Waals surface area contributed by atoms with Crippen LogP contribution in [-0.4, -0.2) is 48.7 Å². The number of benzene rings is 1. The number of piperidine rings is 1. The number of hydrogen-bond acceptors (Lipinski definition) is 4. The summed E-state index contributed by atoms with van der Waals surface area (Å²) < 4.78 is 5.14. The Labute approximate surface area is 166 Å². The lowest BCUT2D eigenvalue weighted by Gasteiger charge is -2.35. The topological polar surface area (TPSA) is 58.6 Å². The third-order valence-electron chi connectivity index (χ3n) is 5.56. The predicted octanol–water partition coefficient (Wildman–Crippen LogP) is 3.47. The maximum atomic E-state index is 12.6. The molecule has 0 atom stereocenters. The average Bonchev–Trinajstić information content (AvgIpc) is 2.73. The Morgan fingerprint density at radius 3 is 2.37 bits per heavy atom. The molecule has 3 rings (SSSR count). The number of carbonyl (C=O) groups is 2. The quantitative estimate of drug-likeness (QED) is 0.756. The molecule has 1 heterocycles. The number of nitrogens with zero attached hydrogens (tertiary/aromatic N) is 1. The number of methoxy groups -OCH3 is 1. The molecule has 2 fully saturated rings. The summed E-state index contributed by atoms with van der Waals surface area (Å²) in [6.45, 7) is 1.54. The van der Waals surface area contributed by atoms with Crippen LogP contribution >= 0.6 is 11.8 Å². The van der Waals surface area contributed by atoms with Crippen LogP contribution in [0.1, 0.15) is 44.9 Å². The van der Waals surface area contributed by atoms with Gasteiger partial charge in [-0.1, -0.05) is 19.3 Å². The minimum Gasteiger partial charge on any atom is -0.497 e. The highest BCUT2D eigenvalue weighted by Crippen LogP contribution is 2.27. The maximum Gasteiger partial charge on any atom is 0.230 e. The second kappa shape index (κ2) is 10.0. The van der Waals surface area contributed by atoms with Gasteiger partial charge in [0.05, 0.1) is 12.9 Å². The highest BCUT2D eigenvalue weighted by molar-refractivity contribution is 8.00. The lowest BCUT2D eigenvalue weighted by molar-refractivity contribution is -0.137. The smallest absolute Gasteiger partial charge is 0.230 e. The largest absolute Gasteiger partial charge is 0.497 e. The molecule has 1 saturated heterocycles. The first kappa shape index (κ1) is 20.1. The Morgan fingerprint density at radius 1 is 1.07 bits per heavy atom. The Bertz CT molecular complexity index is 621. The van der Waals surface area contributed by atoms with Gasteiger partial charge in [0.1, 0.15) is 5.75 Å². The molecule has 1 saturated carbocycles. The fourth-order valence-corrected chi connectivity index (χ4v) is 4.65. The molecule has 27 heavy (non-hydrogen) atoms. The highest BCUT2D eigenvalue weighted by atomic mass is 32.2. The molecule has 1 aromatic rings. The molecule has 5 nitrogen and oxygen atoms in total. The van der Waals surface area contributed by atoms with Crippen molar-refractivity contribution in [3.63, 3.8) is 0 Å². The van der Waals surface area contributed by atoms with Crippen molar-refractivity contribution in [3.05, 3.63) is 24.3 Å². The monoisotopic (exact) mass is 390 g/mol. The third kappa shape index (κ3) is 5.89. The average molecular weight is 391 g/mol. The van der Waals surface area contributed by atoms with Crippen LogP contribution in [0.15, 0.2) is 29.2 Å². The SMILES string of the molecule is COc1ccc(SCC(=O)NC2CCN(C(=O)C3CCCCC3)CC2)cc1. The fraction of sp³-hybridized carbons (Fsp3) is 0.619. The lowest BCUT2D eigenvalue weighted by Crippen LogP contribution is -2.48. The van der Waals surface area contributed by atoms with Crippen molar-refractivity contribution in [2.45, 2.75) is 55.9 Å². The number of rotatable bonds is 6. The summed E-state index contributed by atoms with van der Waals surface area (Å²) in [6.07, 6.45) is 7.47. The van der Waals surface area contributed by atoms with Crippen molar-refractivity contribution < 1.29 is 14.3 Å². The van der Waals surface area contributed by atoms with E-state index in [-0.39, 0.29) is 17.9 Å². The summed E-state index contributed by atoms with van der Waals surface area (Å²) in [6, 6.07) is 7.92. The van der Waals surface area contributed by atoms with Gasteiger partial charge in [0.25, 0.3) is 0 Å². The standard InChI is InChI=1S/C21H30N2O3S/c1-26-18-7-9-19(10-8-18)27-15-20(24)22-17-11-13-23(14-12-17)21(25)16-5-3-2-4-6-16/h7-10,16-17H,2-6,11-15H2,1H3,(H,22,24). The zero-order valence-electron chi connectivity index (χ0n) is 16.1. The van der Waals surface area contributed by atoms with E-state index in [1.54, 1.807) is 7.11 Å². The van der Waals surface area contributed by atoms with Crippen LogP contribution in [0.3, 0.4) is 0 Å². The summed E-state index contributed by atoms with van der Waals surface area (Å²) in [5.74, 6) is 1.87. The molecule has 0 spiro atoms. The van der Waals surface area contributed by atoms with E-state index >= 15 is 0 Å². The van der Waals surface area contributed by atoms with Crippen molar-refractivity contribution in [1.29, 1.82) is 0 Å². The number of carbonyl (C=O) groups excluding carboxylic acids is 2. The van der Waals surface area contributed by atoms with Gasteiger partial charge in [-0.15, -0.1) is 11.8 Å². The molecule has 0 aromatic heterocycles. The zero-order valence-corrected chi connectivity index (χ0v) is 16.9. The van der Waals surface area contributed by atoms with Crippen molar-refractivity contribution in [2.24, 2.45) is 5.92 Å². The van der Waals surface area contributed by atoms with Crippen LogP contribution < -0.4 is 10.1 Å². The van der Waals surface area contributed by atoms with E-state index in [4.69, 9.17) is 4.74 Å².